The highest BCUT2D eigenvalue weighted by Gasteiger charge is 2.27. The Balaban J connectivity index is 2.14. The summed E-state index contributed by atoms with van der Waals surface area (Å²) in [4.78, 5) is 13.2. The summed E-state index contributed by atoms with van der Waals surface area (Å²) >= 11 is 0. The van der Waals surface area contributed by atoms with Gasteiger partial charge >= 0.3 is 6.09 Å². The lowest BCUT2D eigenvalue weighted by atomic mass is 9.74. The van der Waals surface area contributed by atoms with E-state index in [1.807, 2.05) is 30.3 Å². The molecule has 0 bridgehead atoms. The molecular formula is C22H30N2O3. The van der Waals surface area contributed by atoms with Gasteiger partial charge in [0, 0.05) is 18.8 Å². The lowest BCUT2D eigenvalue weighted by molar-refractivity contribution is 0.137. The van der Waals surface area contributed by atoms with Crippen LogP contribution >= 0.6 is 0 Å². The zero-order chi connectivity index (χ0) is 20.0. The maximum atomic E-state index is 11.7. The van der Waals surface area contributed by atoms with E-state index in [9.17, 15) is 9.90 Å². The van der Waals surface area contributed by atoms with Gasteiger partial charge in [0.05, 0.1) is 7.11 Å². The van der Waals surface area contributed by atoms with Gasteiger partial charge in [-0.2, -0.15) is 0 Å². The van der Waals surface area contributed by atoms with Crippen LogP contribution in [-0.2, 0) is 6.54 Å². The second-order valence-corrected chi connectivity index (χ2v) is 7.93. The summed E-state index contributed by atoms with van der Waals surface area (Å²) in [6, 6.07) is 15.4. The number of amides is 1. The van der Waals surface area contributed by atoms with E-state index in [2.05, 4.69) is 32.9 Å². The van der Waals surface area contributed by atoms with Crippen molar-refractivity contribution in [2.24, 2.45) is 5.41 Å². The van der Waals surface area contributed by atoms with Crippen molar-refractivity contribution < 1.29 is 14.6 Å². The van der Waals surface area contributed by atoms with E-state index in [4.69, 9.17) is 10.5 Å². The molecule has 0 aromatic heterocycles. The molecule has 0 heterocycles. The van der Waals surface area contributed by atoms with Gasteiger partial charge < -0.3 is 20.5 Å². The zero-order valence-electron chi connectivity index (χ0n) is 16.6. The van der Waals surface area contributed by atoms with Gasteiger partial charge in [-0.1, -0.05) is 45.0 Å². The monoisotopic (exact) mass is 370 g/mol. The summed E-state index contributed by atoms with van der Waals surface area (Å²) in [5, 5.41) is 9.64. The highest BCUT2D eigenvalue weighted by molar-refractivity contribution is 5.65. The third-order valence-electron chi connectivity index (χ3n) is 4.85. The minimum Gasteiger partial charge on any atom is -0.497 e. The van der Waals surface area contributed by atoms with Gasteiger partial charge in [-0.25, -0.2) is 4.79 Å². The van der Waals surface area contributed by atoms with E-state index in [-0.39, 0.29) is 11.3 Å². The van der Waals surface area contributed by atoms with E-state index in [0.717, 1.165) is 17.7 Å². The fourth-order valence-electron chi connectivity index (χ4n) is 3.38. The number of carbonyl (C=O) groups is 1. The summed E-state index contributed by atoms with van der Waals surface area (Å²) < 4.78 is 5.24. The third-order valence-corrected chi connectivity index (χ3v) is 4.85. The number of nitrogens with zero attached hydrogens (tertiary/aromatic N) is 1. The Morgan fingerprint density at radius 1 is 1.19 bits per heavy atom. The number of carboxylic acid groups (broad SMARTS) is 1. The first-order valence-electron chi connectivity index (χ1n) is 9.17. The molecule has 0 radical (unpaired) electrons. The Bertz CT molecular complexity index is 751. The Morgan fingerprint density at radius 3 is 2.37 bits per heavy atom. The minimum atomic E-state index is -0.917. The lowest BCUT2D eigenvalue weighted by Gasteiger charge is -2.33. The van der Waals surface area contributed by atoms with Gasteiger partial charge in [0.2, 0.25) is 0 Å². The first-order valence-corrected chi connectivity index (χ1v) is 9.17. The van der Waals surface area contributed by atoms with Crippen LogP contribution in [0.2, 0.25) is 0 Å². The average molecular weight is 370 g/mol. The van der Waals surface area contributed by atoms with Crippen molar-refractivity contribution in [2.75, 3.05) is 19.4 Å². The predicted octanol–water partition coefficient (Wildman–Crippen LogP) is 4.98. The number of hydrogen-bond donors (Lipinski definition) is 2. The molecule has 3 N–H and O–H groups in total. The molecule has 0 aliphatic carbocycles. The quantitative estimate of drug-likeness (QED) is 0.674. The minimum absolute atomic E-state index is 0.00986. The van der Waals surface area contributed by atoms with Gasteiger partial charge in [0.1, 0.15) is 5.75 Å². The molecule has 0 saturated heterocycles. The van der Waals surface area contributed by atoms with Gasteiger partial charge in [-0.3, -0.25) is 0 Å². The van der Waals surface area contributed by atoms with Crippen molar-refractivity contribution in [1.82, 2.24) is 4.90 Å². The standard InChI is InChI=1S/C22H30N2O3/c1-22(2,3)20(17-8-10-19(27-4)11-9-17)12-13-24(21(25)26)15-16-6-5-7-18(23)14-16/h5-11,14,20H,12-13,15,23H2,1-4H3,(H,25,26). The van der Waals surface area contributed by atoms with Crippen LogP contribution in [0.5, 0.6) is 5.75 Å². The van der Waals surface area contributed by atoms with Gasteiger partial charge in [-0.15, -0.1) is 0 Å². The maximum absolute atomic E-state index is 11.7. The van der Waals surface area contributed by atoms with Crippen LogP contribution in [0.15, 0.2) is 48.5 Å². The molecule has 2 aromatic rings. The van der Waals surface area contributed by atoms with Crippen LogP contribution in [0.25, 0.3) is 0 Å². The molecule has 0 saturated carbocycles. The summed E-state index contributed by atoms with van der Waals surface area (Å²) in [6.07, 6.45) is -0.176. The molecule has 5 nitrogen and oxygen atoms in total. The second kappa shape index (κ2) is 8.80. The molecule has 2 aromatic carbocycles. The Kier molecular flexibility index (Phi) is 6.72. The number of rotatable bonds is 7. The summed E-state index contributed by atoms with van der Waals surface area (Å²) in [7, 11) is 1.65. The van der Waals surface area contributed by atoms with E-state index >= 15 is 0 Å². The molecule has 1 amide bonds. The van der Waals surface area contributed by atoms with Gasteiger partial charge in [0.15, 0.2) is 0 Å². The van der Waals surface area contributed by atoms with Crippen LogP contribution < -0.4 is 10.5 Å². The Labute approximate surface area is 161 Å². The summed E-state index contributed by atoms with van der Waals surface area (Å²) in [5.41, 5.74) is 8.55. The molecule has 0 aliphatic heterocycles. The first kappa shape index (κ1) is 20.6. The molecule has 146 valence electrons. The summed E-state index contributed by atoms with van der Waals surface area (Å²) in [6.45, 7) is 7.35. The van der Waals surface area contributed by atoms with Crippen LogP contribution in [0.3, 0.4) is 0 Å². The number of hydrogen-bond acceptors (Lipinski definition) is 3. The van der Waals surface area contributed by atoms with Crippen LogP contribution in [0.1, 0.15) is 44.2 Å². The Morgan fingerprint density at radius 2 is 1.85 bits per heavy atom. The van der Waals surface area contributed by atoms with Crippen molar-refractivity contribution in [3.63, 3.8) is 0 Å². The van der Waals surface area contributed by atoms with Crippen molar-refractivity contribution in [3.8, 4) is 5.75 Å². The number of nitrogens with two attached hydrogens (primary N) is 1. The molecule has 0 spiro atoms. The zero-order valence-corrected chi connectivity index (χ0v) is 16.6. The van der Waals surface area contributed by atoms with E-state index in [1.165, 1.54) is 10.5 Å². The number of ether oxygens (including phenoxy) is 1. The van der Waals surface area contributed by atoms with E-state index in [0.29, 0.717) is 18.8 Å². The smallest absolute Gasteiger partial charge is 0.407 e. The van der Waals surface area contributed by atoms with Crippen molar-refractivity contribution in [3.05, 3.63) is 59.7 Å². The molecule has 0 aliphatic rings. The van der Waals surface area contributed by atoms with Crippen LogP contribution in [0.4, 0.5) is 10.5 Å². The molecular weight excluding hydrogens is 340 g/mol. The number of anilines is 1. The number of methoxy groups -OCH3 is 1. The average Bonchev–Trinajstić information content (AvgIpc) is 2.60. The van der Waals surface area contributed by atoms with Crippen molar-refractivity contribution in [1.29, 1.82) is 0 Å². The first-order chi connectivity index (χ1) is 12.7. The van der Waals surface area contributed by atoms with E-state index < -0.39 is 6.09 Å². The highest BCUT2D eigenvalue weighted by Crippen LogP contribution is 2.38. The van der Waals surface area contributed by atoms with Crippen LogP contribution in [0, 0.1) is 5.41 Å². The largest absolute Gasteiger partial charge is 0.497 e. The van der Waals surface area contributed by atoms with Crippen LogP contribution in [-0.4, -0.2) is 29.8 Å². The number of benzene rings is 2. The highest BCUT2D eigenvalue weighted by atomic mass is 16.5. The predicted molar refractivity (Wildman–Crippen MR) is 109 cm³/mol. The fourth-order valence-corrected chi connectivity index (χ4v) is 3.38. The normalized spacial score (nSPS) is 12.4. The number of nitrogen functional groups attached to an aromatic ring is 1. The maximum Gasteiger partial charge on any atom is 0.407 e. The molecule has 2 rings (SSSR count). The molecule has 27 heavy (non-hydrogen) atoms. The molecule has 1 unspecified atom stereocenters. The summed E-state index contributed by atoms with van der Waals surface area (Å²) in [5.74, 6) is 1.05. The molecule has 0 fully saturated rings. The SMILES string of the molecule is COc1ccc(C(CCN(Cc2cccc(N)c2)C(=O)O)C(C)(C)C)cc1. The van der Waals surface area contributed by atoms with E-state index in [1.54, 1.807) is 13.2 Å². The molecule has 5 heteroatoms. The van der Waals surface area contributed by atoms with Gasteiger partial charge in [-0.05, 0) is 53.1 Å². The van der Waals surface area contributed by atoms with Crippen molar-refractivity contribution >= 4 is 11.8 Å². The molecule has 1 atom stereocenters. The fraction of sp³-hybridized carbons (Fsp3) is 0.409. The lowest BCUT2D eigenvalue weighted by Crippen LogP contribution is -2.32. The topological polar surface area (TPSA) is 75.8 Å². The van der Waals surface area contributed by atoms with Crippen molar-refractivity contribution in [2.45, 2.75) is 39.7 Å². The Hall–Kier alpha value is -2.69. The van der Waals surface area contributed by atoms with Gasteiger partial charge in [0.25, 0.3) is 0 Å². The second-order valence-electron chi connectivity index (χ2n) is 7.93. The third kappa shape index (κ3) is 5.91.